The average molecular weight is 221 g/mol. The molecule has 0 saturated heterocycles. The minimum Gasteiger partial charge on any atom is -0.323 e. The van der Waals surface area contributed by atoms with E-state index in [0.29, 0.717) is 0 Å². The first kappa shape index (κ1) is 29.2. The summed E-state index contributed by atoms with van der Waals surface area (Å²) < 4.78 is 0. The Bertz CT molecular complexity index is 60.9. The maximum atomic E-state index is 4.56. The Morgan fingerprint density at radius 1 is 1.07 bits per heavy atom. The monoisotopic (exact) mass is 221 g/mol. The van der Waals surface area contributed by atoms with Crippen molar-refractivity contribution in [2.24, 2.45) is 5.84 Å². The molecule has 0 amide bonds. The second-order valence-electron chi connectivity index (χ2n) is 1.64. The van der Waals surface area contributed by atoms with Gasteiger partial charge in [-0.1, -0.05) is 26.0 Å². The molecule has 0 aromatic heterocycles. The molecule has 0 fully saturated rings. The van der Waals surface area contributed by atoms with Crippen LogP contribution >= 0.6 is 0 Å². The second kappa shape index (κ2) is 108. The number of rotatable bonds is 1. The second-order valence-corrected chi connectivity index (χ2v) is 1.64. The van der Waals surface area contributed by atoms with Gasteiger partial charge < -0.3 is 5.32 Å². The van der Waals surface area contributed by atoms with Gasteiger partial charge in [0, 0.05) is 0 Å². The Morgan fingerprint density at radius 2 is 1.13 bits per heavy atom. The Morgan fingerprint density at radius 3 is 1.13 bits per heavy atom. The molecule has 0 bridgehead atoms. The minimum absolute atomic E-state index is 1.44. The zero-order valence-electron chi connectivity index (χ0n) is 11.6. The topological polar surface area (TPSA) is 59.3 Å². The van der Waals surface area contributed by atoms with Crippen LogP contribution in [0.2, 0.25) is 0 Å². The molecule has 0 unspecified atom stereocenters. The molecule has 0 rings (SSSR count). The molecule has 15 heavy (non-hydrogen) atoms. The van der Waals surface area contributed by atoms with E-state index in [4.69, 9.17) is 0 Å². The van der Waals surface area contributed by atoms with Gasteiger partial charge in [0.1, 0.15) is 0 Å². The summed E-state index contributed by atoms with van der Waals surface area (Å²) in [6.45, 7) is 14.5. The molecule has 96 valence electrons. The summed E-state index contributed by atoms with van der Waals surface area (Å²) in [5, 5.41) is 2.75. The Hall–Kier alpha value is -0.680. The lowest BCUT2D eigenvalue weighted by molar-refractivity contribution is 0.0925. The quantitative estimate of drug-likeness (QED) is 0.361. The van der Waals surface area contributed by atoms with Gasteiger partial charge in [-0.25, -0.2) is 5.84 Å². The molecule has 0 saturated carbocycles. The van der Waals surface area contributed by atoms with Gasteiger partial charge in [0.05, 0.1) is 7.11 Å². The molecule has 0 atom stereocenters. The Labute approximate surface area is 96.5 Å². The van der Waals surface area contributed by atoms with Crippen molar-refractivity contribution in [1.82, 2.24) is 10.9 Å². The third kappa shape index (κ3) is 16700. The summed E-state index contributed by atoms with van der Waals surface area (Å²) in [7, 11) is 5.19. The molecule has 4 N–H and O–H groups in total. The lowest BCUT2D eigenvalue weighted by Crippen LogP contribution is -2.19. The van der Waals surface area contributed by atoms with E-state index in [1.807, 2.05) is 47.4 Å². The van der Waals surface area contributed by atoms with Crippen molar-refractivity contribution in [2.75, 3.05) is 21.2 Å². The van der Waals surface area contributed by atoms with Crippen molar-refractivity contribution >= 4 is 0 Å². The number of nitrogens with two attached hydrogens (primary N) is 1. The number of hydrogen-bond acceptors (Lipinski definition) is 4. The van der Waals surface area contributed by atoms with Gasteiger partial charge >= 0.3 is 0 Å². The van der Waals surface area contributed by atoms with Gasteiger partial charge in [-0.05, 0) is 27.9 Å². The largest absolute Gasteiger partial charge is 0.323 e. The van der Waals surface area contributed by atoms with Crippen LogP contribution in [0, 0.1) is 0 Å². The molecule has 4 nitrogen and oxygen atoms in total. The molecule has 0 radical (unpaired) electrons. The first-order valence-corrected chi connectivity index (χ1v) is 4.87. The summed E-state index contributed by atoms with van der Waals surface area (Å²) in [5.74, 6) is 4.56. The van der Waals surface area contributed by atoms with Gasteiger partial charge in [0.2, 0.25) is 0 Å². The molecule has 0 aliphatic heterocycles. The van der Waals surface area contributed by atoms with Crippen LogP contribution in [-0.2, 0) is 4.84 Å². The van der Waals surface area contributed by atoms with E-state index < -0.39 is 0 Å². The van der Waals surface area contributed by atoms with Crippen molar-refractivity contribution < 1.29 is 4.84 Å². The van der Waals surface area contributed by atoms with Gasteiger partial charge in [-0.2, -0.15) is 0 Å². The van der Waals surface area contributed by atoms with Crippen molar-refractivity contribution in [2.45, 2.75) is 27.7 Å². The fourth-order valence-corrected chi connectivity index (χ4v) is 0. The van der Waals surface area contributed by atoms with Crippen LogP contribution in [0.5, 0.6) is 0 Å². The van der Waals surface area contributed by atoms with Crippen LogP contribution in [0.3, 0.4) is 0 Å². The number of allylic oxidation sites excluding steroid dienone is 2. The van der Waals surface area contributed by atoms with Crippen molar-refractivity contribution in [1.29, 1.82) is 0 Å². The summed E-state index contributed by atoms with van der Waals surface area (Å²) >= 11 is 0. The van der Waals surface area contributed by atoms with Gasteiger partial charge in [-0.3, -0.25) is 4.84 Å². The molecule has 0 heterocycles. The Kier molecular flexibility index (Phi) is 211. The van der Waals surface area contributed by atoms with E-state index >= 15 is 0 Å². The summed E-state index contributed by atoms with van der Waals surface area (Å²) in [6.07, 6.45) is 3.50. The van der Waals surface area contributed by atoms with Gasteiger partial charge in [0.15, 0.2) is 0 Å². The predicted octanol–water partition coefficient (Wildman–Crippen LogP) is 2.26. The zero-order valence-corrected chi connectivity index (χ0v) is 11.6. The highest BCUT2D eigenvalue weighted by Crippen LogP contribution is 1.38. The first-order valence-electron chi connectivity index (χ1n) is 4.87. The van der Waals surface area contributed by atoms with Gasteiger partial charge in [-0.15, -0.1) is 18.7 Å². The zero-order chi connectivity index (χ0) is 13.5. The lowest BCUT2D eigenvalue weighted by atomic mass is 10.8. The van der Waals surface area contributed by atoms with Crippen molar-refractivity contribution in [3.63, 3.8) is 0 Å². The standard InChI is InChI=1S/2C3H6.C2H7N.C2H6.CH6N2O/c3*1-3-2;1-2;1-4-3-2/h2*3H,1H2,2H3;3H,1-2H3;1-2H3;3H,2H2,1H3. The van der Waals surface area contributed by atoms with Crippen molar-refractivity contribution in [3.8, 4) is 0 Å². The third-order valence-corrected chi connectivity index (χ3v) is 0.118. The van der Waals surface area contributed by atoms with Crippen LogP contribution in [-0.4, -0.2) is 21.2 Å². The predicted molar refractivity (Wildman–Crippen MR) is 72.4 cm³/mol. The number of hydrazine groups is 1. The molecule has 0 aliphatic rings. The van der Waals surface area contributed by atoms with Crippen molar-refractivity contribution in [3.05, 3.63) is 25.3 Å². The van der Waals surface area contributed by atoms with E-state index in [2.05, 4.69) is 29.2 Å². The molecule has 0 spiro atoms. The van der Waals surface area contributed by atoms with E-state index in [9.17, 15) is 0 Å². The third-order valence-electron chi connectivity index (χ3n) is 0.118. The minimum atomic E-state index is 1.44. The van der Waals surface area contributed by atoms with E-state index in [1.54, 1.807) is 12.2 Å². The average Bonchev–Trinajstić information content (AvgIpc) is 2.24. The SMILES string of the molecule is C=CC.C=CC.CC.CNC.CONN. The maximum absolute atomic E-state index is 4.56. The maximum Gasteiger partial charge on any atom is 0.0588 e. The fourth-order valence-electron chi connectivity index (χ4n) is 0. The van der Waals surface area contributed by atoms with Crippen LogP contribution in [0.1, 0.15) is 27.7 Å². The Balaban J connectivity index is -0.0000000283. The smallest absolute Gasteiger partial charge is 0.0588 e. The lowest BCUT2D eigenvalue weighted by Gasteiger charge is -1.80. The van der Waals surface area contributed by atoms with Crippen LogP contribution in [0.15, 0.2) is 25.3 Å². The summed E-state index contributed by atoms with van der Waals surface area (Å²) in [5.41, 5.74) is 1.93. The molecular weight excluding hydrogens is 190 g/mol. The molecular formula is C11H31N3O. The van der Waals surface area contributed by atoms with E-state index in [0.717, 1.165) is 0 Å². The molecule has 0 aromatic carbocycles. The number of nitrogens with one attached hydrogen (secondary N) is 2. The van der Waals surface area contributed by atoms with Crippen LogP contribution in [0.25, 0.3) is 0 Å². The number of hydrogen-bond donors (Lipinski definition) is 3. The summed E-state index contributed by atoms with van der Waals surface area (Å²) in [4.78, 5) is 4.07. The normalized spacial score (nSPS) is 5.33. The van der Waals surface area contributed by atoms with E-state index in [-0.39, 0.29) is 0 Å². The highest BCUT2D eigenvalue weighted by Gasteiger charge is 1.44. The highest BCUT2D eigenvalue weighted by atomic mass is 16.7. The van der Waals surface area contributed by atoms with Gasteiger partial charge in [0.25, 0.3) is 0 Å². The van der Waals surface area contributed by atoms with Crippen LogP contribution < -0.4 is 16.7 Å². The molecule has 4 heteroatoms. The summed E-state index contributed by atoms with van der Waals surface area (Å²) in [6, 6.07) is 0. The van der Waals surface area contributed by atoms with E-state index in [1.165, 1.54) is 7.11 Å². The fraction of sp³-hybridized carbons (Fsp3) is 0.636. The first-order chi connectivity index (χ1) is 7.16. The highest BCUT2D eigenvalue weighted by molar-refractivity contribution is 4.51. The molecule has 0 aliphatic carbocycles. The molecule has 0 aromatic rings. The van der Waals surface area contributed by atoms with Crippen LogP contribution in [0.4, 0.5) is 0 Å².